The Hall–Kier alpha value is -4.80. The van der Waals surface area contributed by atoms with Crippen molar-refractivity contribution in [3.63, 3.8) is 0 Å². The van der Waals surface area contributed by atoms with Crippen molar-refractivity contribution in [2.45, 2.75) is 329 Å². The number of carbonyl (C=O) groups excluding carboxylic acids is 4. The summed E-state index contributed by atoms with van der Waals surface area (Å²) in [6.45, 7) is 4.45. The molecular weight excluding hydrogens is 1330 g/mol. The van der Waals surface area contributed by atoms with Crippen molar-refractivity contribution in [1.29, 1.82) is 0 Å². The number of ether oxygens (including phenoxy) is 4. The van der Waals surface area contributed by atoms with Crippen molar-refractivity contribution in [3.8, 4) is 0 Å². The van der Waals surface area contributed by atoms with Crippen molar-refractivity contribution in [1.82, 2.24) is 0 Å². The van der Waals surface area contributed by atoms with Gasteiger partial charge in [0.05, 0.1) is 26.4 Å². The average molecular weight is 1470 g/mol. The summed E-state index contributed by atoms with van der Waals surface area (Å²) in [5.41, 5.74) is 0. The van der Waals surface area contributed by atoms with Crippen LogP contribution in [0.1, 0.15) is 310 Å². The lowest BCUT2D eigenvalue weighted by Gasteiger charge is -2.21. The number of hydrogen-bond acceptors (Lipinski definition) is 15. The number of phosphoric ester groups is 2. The molecule has 0 rings (SSSR count). The summed E-state index contributed by atoms with van der Waals surface area (Å²) in [6.07, 6.45) is 82.9. The van der Waals surface area contributed by atoms with E-state index in [2.05, 4.69) is 161 Å². The highest BCUT2D eigenvalue weighted by molar-refractivity contribution is 7.47. The quantitative estimate of drug-likeness (QED) is 0.0169. The molecule has 0 amide bonds. The molecule has 0 aromatic heterocycles. The van der Waals surface area contributed by atoms with Crippen LogP contribution in [0.2, 0.25) is 0 Å². The molecule has 5 atom stereocenters. The Kier molecular flexibility index (Phi) is 71.0. The average Bonchev–Trinajstić information content (AvgIpc) is 0.907. The Morgan fingerprint density at radius 3 is 0.814 bits per heavy atom. The summed E-state index contributed by atoms with van der Waals surface area (Å²) < 4.78 is 68.5. The third kappa shape index (κ3) is 73.5. The Balaban J connectivity index is 5.39. The maximum Gasteiger partial charge on any atom is 0.472 e. The van der Waals surface area contributed by atoms with E-state index in [0.717, 1.165) is 199 Å². The molecule has 0 heterocycles. The number of rotatable bonds is 73. The van der Waals surface area contributed by atoms with Crippen LogP contribution >= 0.6 is 15.6 Å². The van der Waals surface area contributed by atoms with Crippen LogP contribution in [0.5, 0.6) is 0 Å². The highest BCUT2D eigenvalue weighted by Crippen LogP contribution is 2.45. The number of esters is 4. The van der Waals surface area contributed by atoms with E-state index in [1.807, 2.05) is 0 Å². The van der Waals surface area contributed by atoms with Gasteiger partial charge in [-0.15, -0.1) is 0 Å². The fourth-order valence-corrected chi connectivity index (χ4v) is 11.8. The highest BCUT2D eigenvalue weighted by atomic mass is 31.2. The number of aliphatic hydroxyl groups excluding tert-OH is 1. The standard InChI is InChI=1S/C83H140O17P2/c1-5-9-13-17-21-25-29-33-36-38-41-44-47-51-55-59-63-67-80(85)93-73-78(99-82(87)69-65-61-57-53-49-43-32-28-24-20-16-12-8-4)75-97-101(89,90)95-71-77(84)72-96-102(91,92)98-76-79(100-83(88)70-66-62-58-54-50-46-40-35-31-27-23-19-15-11-7-3)74-94-81(86)68-64-60-56-52-48-45-42-39-37-34-30-26-22-18-14-10-6-2/h9-11,13-15,21-23,25-28,32-37,40,50,54,77-79,84H,5-8,12,16-20,24,29-31,38-39,41-49,51-53,55-76H2,1-4H3,(H,89,90)(H,91,92)/b13-9-,14-10-,15-11-,25-21-,26-22-,27-23-,32-28-,36-33-,37-34-,40-35-,54-50-. The fraction of sp³-hybridized carbons (Fsp3) is 0.687. The van der Waals surface area contributed by atoms with E-state index in [9.17, 15) is 43.2 Å². The first-order valence-electron chi connectivity index (χ1n) is 39.4. The molecule has 3 N–H and O–H groups in total. The van der Waals surface area contributed by atoms with Crippen molar-refractivity contribution < 1.29 is 80.2 Å². The molecule has 0 bridgehead atoms. The summed E-state index contributed by atoms with van der Waals surface area (Å²) in [6, 6.07) is 0. The molecule has 0 aliphatic heterocycles. The van der Waals surface area contributed by atoms with Crippen LogP contribution in [-0.2, 0) is 65.4 Å². The molecule has 19 heteroatoms. The molecule has 0 saturated heterocycles. The van der Waals surface area contributed by atoms with Crippen molar-refractivity contribution in [2.75, 3.05) is 39.6 Å². The van der Waals surface area contributed by atoms with E-state index in [1.54, 1.807) is 0 Å². The van der Waals surface area contributed by atoms with Crippen LogP contribution in [-0.4, -0.2) is 96.7 Å². The van der Waals surface area contributed by atoms with Gasteiger partial charge in [-0.2, -0.15) is 0 Å². The predicted octanol–water partition coefficient (Wildman–Crippen LogP) is 22.9. The molecule has 0 aliphatic rings. The molecule has 584 valence electrons. The smallest absolute Gasteiger partial charge is 0.462 e. The van der Waals surface area contributed by atoms with Crippen LogP contribution in [0.15, 0.2) is 134 Å². The second-order valence-electron chi connectivity index (χ2n) is 25.9. The van der Waals surface area contributed by atoms with Crippen LogP contribution in [0.25, 0.3) is 0 Å². The Morgan fingerprint density at radius 1 is 0.284 bits per heavy atom. The van der Waals surface area contributed by atoms with Gasteiger partial charge in [0.2, 0.25) is 0 Å². The molecule has 0 fully saturated rings. The van der Waals surface area contributed by atoms with Crippen molar-refractivity contribution in [3.05, 3.63) is 134 Å². The Bertz CT molecular complexity index is 2460. The van der Waals surface area contributed by atoms with Crippen LogP contribution in [0.4, 0.5) is 0 Å². The number of allylic oxidation sites excluding steroid dienone is 22. The zero-order valence-electron chi connectivity index (χ0n) is 63.7. The molecule has 0 saturated carbocycles. The molecule has 0 radical (unpaired) electrons. The summed E-state index contributed by atoms with van der Waals surface area (Å²) in [5.74, 6) is -2.25. The third-order valence-electron chi connectivity index (χ3n) is 16.1. The zero-order chi connectivity index (χ0) is 74.6. The number of carbonyl (C=O) groups is 4. The first-order valence-corrected chi connectivity index (χ1v) is 42.4. The van der Waals surface area contributed by atoms with Gasteiger partial charge in [-0.3, -0.25) is 37.3 Å². The monoisotopic (exact) mass is 1470 g/mol. The number of phosphoric acid groups is 2. The maximum atomic E-state index is 13.1. The van der Waals surface area contributed by atoms with Gasteiger partial charge in [0.25, 0.3) is 0 Å². The summed E-state index contributed by atoms with van der Waals surface area (Å²) >= 11 is 0. The van der Waals surface area contributed by atoms with Gasteiger partial charge in [0.1, 0.15) is 19.3 Å². The zero-order valence-corrected chi connectivity index (χ0v) is 65.5. The molecular formula is C83H140O17P2. The number of aliphatic hydroxyl groups is 1. The van der Waals surface area contributed by atoms with Gasteiger partial charge in [0.15, 0.2) is 12.2 Å². The normalized spacial score (nSPS) is 14.6. The molecule has 0 spiro atoms. The van der Waals surface area contributed by atoms with Crippen LogP contribution in [0, 0.1) is 0 Å². The van der Waals surface area contributed by atoms with E-state index >= 15 is 0 Å². The maximum absolute atomic E-state index is 13.1. The van der Waals surface area contributed by atoms with Gasteiger partial charge in [0, 0.05) is 25.7 Å². The predicted molar refractivity (Wildman–Crippen MR) is 418 cm³/mol. The summed E-state index contributed by atoms with van der Waals surface area (Å²) in [7, 11) is -9.98. The summed E-state index contributed by atoms with van der Waals surface area (Å²) in [5, 5.41) is 10.6. The molecule has 0 aromatic rings. The molecule has 5 unspecified atom stereocenters. The molecule has 0 aliphatic carbocycles. The second kappa shape index (κ2) is 74.5. The minimum Gasteiger partial charge on any atom is -0.462 e. The Morgan fingerprint density at radius 2 is 0.510 bits per heavy atom. The first-order chi connectivity index (χ1) is 49.7. The van der Waals surface area contributed by atoms with Crippen LogP contribution < -0.4 is 0 Å². The topological polar surface area (TPSA) is 237 Å². The second-order valence-corrected chi connectivity index (χ2v) is 28.8. The molecule has 102 heavy (non-hydrogen) atoms. The van der Waals surface area contributed by atoms with E-state index in [-0.39, 0.29) is 25.7 Å². The lowest BCUT2D eigenvalue weighted by atomic mass is 10.1. The molecule has 17 nitrogen and oxygen atoms in total. The van der Waals surface area contributed by atoms with Crippen LogP contribution in [0.3, 0.4) is 0 Å². The number of hydrogen-bond donors (Lipinski definition) is 3. The van der Waals surface area contributed by atoms with Gasteiger partial charge in [-0.25, -0.2) is 9.13 Å². The highest BCUT2D eigenvalue weighted by Gasteiger charge is 2.30. The largest absolute Gasteiger partial charge is 0.472 e. The Labute approximate surface area is 618 Å². The van der Waals surface area contributed by atoms with Gasteiger partial charge in [-0.1, -0.05) is 264 Å². The van der Waals surface area contributed by atoms with Crippen molar-refractivity contribution in [2.24, 2.45) is 0 Å². The number of unbranched alkanes of at least 4 members (excludes halogenated alkanes) is 25. The van der Waals surface area contributed by atoms with Gasteiger partial charge < -0.3 is 33.8 Å². The van der Waals surface area contributed by atoms with Crippen molar-refractivity contribution >= 4 is 39.5 Å². The van der Waals surface area contributed by atoms with Gasteiger partial charge in [-0.05, 0) is 154 Å². The third-order valence-corrected chi connectivity index (χ3v) is 18.0. The minimum absolute atomic E-state index is 0.0374. The SMILES string of the molecule is CC/C=C\C/C=C\C/C=C\C/C=C\CCCCC(=O)OC(COC(=O)CCCCCCCCC/C=C\C/C=C\C/C=C\CC)COP(=O)(O)OCC(O)COP(=O)(O)OCC(COC(=O)CCCCCCCCC/C=C\C/C=C\C/C=C\CC)OC(=O)CCCCCCC/C=C\CCCCCC. The van der Waals surface area contributed by atoms with E-state index in [1.165, 1.54) is 25.7 Å². The van der Waals surface area contributed by atoms with E-state index in [0.29, 0.717) is 32.1 Å². The lowest BCUT2D eigenvalue weighted by Crippen LogP contribution is -2.30. The molecule has 0 aromatic carbocycles. The van der Waals surface area contributed by atoms with Gasteiger partial charge >= 0.3 is 39.5 Å². The summed E-state index contributed by atoms with van der Waals surface area (Å²) in [4.78, 5) is 73.0. The fourth-order valence-electron chi connectivity index (χ4n) is 10.2. The minimum atomic E-state index is -4.99. The first kappa shape index (κ1) is 97.2. The van der Waals surface area contributed by atoms with E-state index in [4.69, 9.17) is 37.0 Å². The lowest BCUT2D eigenvalue weighted by molar-refractivity contribution is -0.161. The van der Waals surface area contributed by atoms with E-state index < -0.39 is 97.5 Å².